The Hall–Kier alpha value is -2.41. The SMILES string of the molecule is O=[N+]([O-])c1ccccc1S(=O)(=O)N1CCN(S(=O)(=O)c2cccc(F)c2)CC1. The molecule has 3 rings (SSSR count). The van der Waals surface area contributed by atoms with E-state index in [2.05, 4.69) is 0 Å². The Balaban J connectivity index is 1.81. The number of sulfonamides is 2. The van der Waals surface area contributed by atoms with Gasteiger partial charge in [0.05, 0.1) is 9.82 Å². The number of benzene rings is 2. The van der Waals surface area contributed by atoms with Gasteiger partial charge < -0.3 is 0 Å². The minimum Gasteiger partial charge on any atom is -0.258 e. The van der Waals surface area contributed by atoms with E-state index < -0.39 is 41.4 Å². The number of hydrogen-bond acceptors (Lipinski definition) is 6. The first-order chi connectivity index (χ1) is 13.1. The molecule has 0 unspecified atom stereocenters. The molecule has 1 fully saturated rings. The van der Waals surface area contributed by atoms with Crippen LogP contribution in [0.4, 0.5) is 10.1 Å². The maximum atomic E-state index is 13.3. The highest BCUT2D eigenvalue weighted by Crippen LogP contribution is 2.28. The smallest absolute Gasteiger partial charge is 0.258 e. The molecule has 0 radical (unpaired) electrons. The Morgan fingerprint density at radius 2 is 1.43 bits per heavy atom. The standard InChI is InChI=1S/C16H16FN3O6S2/c17-13-4-3-5-14(12-13)27(23,24)18-8-10-19(11-9-18)28(25,26)16-7-2-1-6-15(16)20(21)22/h1-7,12H,8-11H2. The van der Waals surface area contributed by atoms with Crippen molar-refractivity contribution in [2.24, 2.45) is 0 Å². The van der Waals surface area contributed by atoms with Crippen LogP contribution >= 0.6 is 0 Å². The van der Waals surface area contributed by atoms with Crippen LogP contribution in [0, 0.1) is 15.9 Å². The Labute approximate surface area is 161 Å². The van der Waals surface area contributed by atoms with Crippen molar-refractivity contribution in [3.63, 3.8) is 0 Å². The second-order valence-corrected chi connectivity index (χ2v) is 9.83. The largest absolute Gasteiger partial charge is 0.289 e. The first-order valence-electron chi connectivity index (χ1n) is 8.13. The zero-order chi connectivity index (χ0) is 20.5. The van der Waals surface area contributed by atoms with Gasteiger partial charge in [-0.3, -0.25) is 10.1 Å². The second kappa shape index (κ2) is 7.54. The minimum atomic E-state index is -4.17. The van der Waals surface area contributed by atoms with Crippen molar-refractivity contribution in [2.75, 3.05) is 26.2 Å². The van der Waals surface area contributed by atoms with E-state index in [0.717, 1.165) is 32.9 Å². The summed E-state index contributed by atoms with van der Waals surface area (Å²) in [7, 11) is -8.14. The van der Waals surface area contributed by atoms with E-state index in [1.165, 1.54) is 24.3 Å². The lowest BCUT2D eigenvalue weighted by Crippen LogP contribution is -2.50. The Morgan fingerprint density at radius 1 is 0.857 bits per heavy atom. The molecule has 0 aromatic heterocycles. The maximum Gasteiger partial charge on any atom is 0.289 e. The number of nitrogens with zero attached hydrogens (tertiary/aromatic N) is 3. The molecule has 2 aromatic rings. The van der Waals surface area contributed by atoms with E-state index in [1.54, 1.807) is 0 Å². The normalized spacial score (nSPS) is 16.8. The van der Waals surface area contributed by atoms with Crippen molar-refractivity contribution in [3.05, 3.63) is 64.5 Å². The molecule has 2 aromatic carbocycles. The molecule has 0 spiro atoms. The number of piperazine rings is 1. The number of hydrogen-bond donors (Lipinski definition) is 0. The third-order valence-corrected chi connectivity index (χ3v) is 8.15. The summed E-state index contributed by atoms with van der Waals surface area (Å²) in [6, 6.07) is 9.53. The fourth-order valence-electron chi connectivity index (χ4n) is 2.89. The van der Waals surface area contributed by atoms with Gasteiger partial charge in [0.1, 0.15) is 5.82 Å². The molecule has 150 valence electrons. The second-order valence-electron chi connectivity index (χ2n) is 5.99. The molecule has 0 bridgehead atoms. The summed E-state index contributed by atoms with van der Waals surface area (Å²) in [6.45, 7) is -0.663. The first kappa shape index (κ1) is 20.3. The van der Waals surface area contributed by atoms with Gasteiger partial charge in [0.25, 0.3) is 5.69 Å². The van der Waals surface area contributed by atoms with Gasteiger partial charge in [-0.05, 0) is 24.3 Å². The lowest BCUT2D eigenvalue weighted by atomic mass is 10.3. The van der Waals surface area contributed by atoms with Crippen molar-refractivity contribution < 1.29 is 26.1 Å². The predicted octanol–water partition coefficient (Wildman–Crippen LogP) is 1.43. The lowest BCUT2D eigenvalue weighted by Gasteiger charge is -2.33. The molecule has 1 saturated heterocycles. The molecule has 1 heterocycles. The van der Waals surface area contributed by atoms with Crippen LogP contribution < -0.4 is 0 Å². The highest BCUT2D eigenvalue weighted by molar-refractivity contribution is 7.89. The van der Waals surface area contributed by atoms with Crippen LogP contribution in [0.15, 0.2) is 58.3 Å². The third kappa shape index (κ3) is 3.76. The van der Waals surface area contributed by atoms with Crippen LogP contribution in [-0.2, 0) is 20.0 Å². The summed E-state index contributed by atoms with van der Waals surface area (Å²) in [4.78, 5) is 9.68. The van der Waals surface area contributed by atoms with Gasteiger partial charge in [-0.2, -0.15) is 8.61 Å². The van der Waals surface area contributed by atoms with Crippen molar-refractivity contribution >= 4 is 25.7 Å². The van der Waals surface area contributed by atoms with Crippen LogP contribution in [0.5, 0.6) is 0 Å². The monoisotopic (exact) mass is 429 g/mol. The fraction of sp³-hybridized carbons (Fsp3) is 0.250. The number of halogens is 1. The molecule has 1 aliphatic rings. The van der Waals surface area contributed by atoms with Crippen LogP contribution in [0.3, 0.4) is 0 Å². The highest BCUT2D eigenvalue weighted by atomic mass is 32.2. The van der Waals surface area contributed by atoms with Gasteiger partial charge in [0, 0.05) is 32.2 Å². The molecular weight excluding hydrogens is 413 g/mol. The number of para-hydroxylation sites is 1. The van der Waals surface area contributed by atoms with Crippen LogP contribution in [0.1, 0.15) is 0 Å². The van der Waals surface area contributed by atoms with E-state index in [0.29, 0.717) is 0 Å². The summed E-state index contributed by atoms with van der Waals surface area (Å²) in [5, 5.41) is 11.1. The maximum absolute atomic E-state index is 13.3. The molecule has 0 atom stereocenters. The summed E-state index contributed by atoms with van der Waals surface area (Å²) < 4.78 is 66.2. The molecule has 0 saturated carbocycles. The van der Waals surface area contributed by atoms with E-state index in [-0.39, 0.29) is 31.1 Å². The summed E-state index contributed by atoms with van der Waals surface area (Å²) >= 11 is 0. The number of rotatable bonds is 5. The summed E-state index contributed by atoms with van der Waals surface area (Å²) in [5.41, 5.74) is -0.544. The Morgan fingerprint density at radius 3 is 2.00 bits per heavy atom. The van der Waals surface area contributed by atoms with E-state index in [9.17, 15) is 31.3 Å². The van der Waals surface area contributed by atoms with Gasteiger partial charge in [-0.25, -0.2) is 21.2 Å². The summed E-state index contributed by atoms with van der Waals surface area (Å²) in [5.74, 6) is -0.696. The molecule has 9 nitrogen and oxygen atoms in total. The average molecular weight is 429 g/mol. The van der Waals surface area contributed by atoms with Crippen molar-refractivity contribution in [2.45, 2.75) is 9.79 Å². The Bertz CT molecular complexity index is 1110. The topological polar surface area (TPSA) is 118 Å². The zero-order valence-corrected chi connectivity index (χ0v) is 16.1. The number of nitro groups is 1. The molecular formula is C16H16FN3O6S2. The zero-order valence-electron chi connectivity index (χ0n) is 14.4. The summed E-state index contributed by atoms with van der Waals surface area (Å²) in [6.07, 6.45) is 0. The number of nitro benzene ring substituents is 1. The third-order valence-electron chi connectivity index (χ3n) is 4.31. The van der Waals surface area contributed by atoms with Crippen LogP contribution in [0.2, 0.25) is 0 Å². The molecule has 0 N–H and O–H groups in total. The van der Waals surface area contributed by atoms with E-state index in [4.69, 9.17) is 0 Å². The van der Waals surface area contributed by atoms with Crippen LogP contribution in [0.25, 0.3) is 0 Å². The van der Waals surface area contributed by atoms with E-state index >= 15 is 0 Å². The van der Waals surface area contributed by atoms with Crippen LogP contribution in [-0.4, -0.2) is 56.5 Å². The van der Waals surface area contributed by atoms with Crippen molar-refractivity contribution in [1.82, 2.24) is 8.61 Å². The minimum absolute atomic E-state index is 0.154. The first-order valence-corrected chi connectivity index (χ1v) is 11.0. The molecule has 28 heavy (non-hydrogen) atoms. The van der Waals surface area contributed by atoms with Gasteiger partial charge in [0.15, 0.2) is 4.90 Å². The molecule has 1 aliphatic heterocycles. The Kier molecular flexibility index (Phi) is 5.48. The quantitative estimate of drug-likeness (QED) is 0.524. The van der Waals surface area contributed by atoms with E-state index in [1.807, 2.05) is 0 Å². The fourth-order valence-corrected chi connectivity index (χ4v) is 5.93. The van der Waals surface area contributed by atoms with Gasteiger partial charge >= 0.3 is 0 Å². The molecule has 12 heteroatoms. The average Bonchev–Trinajstić information content (AvgIpc) is 2.68. The van der Waals surface area contributed by atoms with Gasteiger partial charge in [-0.15, -0.1) is 0 Å². The van der Waals surface area contributed by atoms with Crippen molar-refractivity contribution in [3.8, 4) is 0 Å². The molecule has 0 amide bonds. The van der Waals surface area contributed by atoms with Gasteiger partial charge in [0.2, 0.25) is 20.0 Å². The van der Waals surface area contributed by atoms with Gasteiger partial charge in [-0.1, -0.05) is 18.2 Å². The lowest BCUT2D eigenvalue weighted by molar-refractivity contribution is -0.387. The highest BCUT2D eigenvalue weighted by Gasteiger charge is 2.36. The predicted molar refractivity (Wildman–Crippen MR) is 97.0 cm³/mol. The molecule has 0 aliphatic carbocycles. The van der Waals surface area contributed by atoms with Crippen molar-refractivity contribution in [1.29, 1.82) is 0 Å².